The predicted octanol–water partition coefficient (Wildman–Crippen LogP) is 1.17. The van der Waals surface area contributed by atoms with Crippen LogP contribution in [0.15, 0.2) is 30.3 Å². The molecule has 8 heteroatoms. The summed E-state index contributed by atoms with van der Waals surface area (Å²) in [4.78, 5) is 37.3. The van der Waals surface area contributed by atoms with E-state index < -0.39 is 24.0 Å². The molecule has 2 N–H and O–H groups in total. The smallest absolute Gasteiger partial charge is 0.328 e. The number of carboxylic acid groups (broad SMARTS) is 1. The van der Waals surface area contributed by atoms with Crippen molar-refractivity contribution in [1.82, 2.24) is 15.3 Å². The van der Waals surface area contributed by atoms with Crippen LogP contribution < -0.4 is 5.32 Å². The molecule has 0 radical (unpaired) electrons. The van der Waals surface area contributed by atoms with Crippen molar-refractivity contribution in [3.8, 4) is 0 Å². The summed E-state index contributed by atoms with van der Waals surface area (Å²) in [5, 5.41) is 15.4. The molecular formula is C19H23N3O4S. The lowest BCUT2D eigenvalue weighted by molar-refractivity contribution is -0.174. The Balaban J connectivity index is 1.68. The molecule has 2 amide bonds. The molecule has 0 aliphatic carbocycles. The van der Waals surface area contributed by atoms with Crippen molar-refractivity contribution in [2.45, 2.75) is 44.2 Å². The number of carbonyl (C=O) groups excluding carboxylic acids is 2. The lowest BCUT2D eigenvalue weighted by Crippen LogP contribution is -2.61. The van der Waals surface area contributed by atoms with Crippen LogP contribution in [0.4, 0.5) is 0 Å². The van der Waals surface area contributed by atoms with Crippen molar-refractivity contribution >= 4 is 34.9 Å². The molecule has 3 rings (SSSR count). The third-order valence-corrected chi connectivity index (χ3v) is 5.31. The number of amides is 2. The van der Waals surface area contributed by atoms with Crippen LogP contribution in [-0.2, 0) is 20.8 Å². The van der Waals surface area contributed by atoms with Gasteiger partial charge in [0, 0.05) is 19.5 Å². The van der Waals surface area contributed by atoms with Crippen molar-refractivity contribution in [3.63, 3.8) is 0 Å². The molecule has 0 spiro atoms. The summed E-state index contributed by atoms with van der Waals surface area (Å²) in [6.07, 6.45) is 2.66. The fourth-order valence-corrected chi connectivity index (χ4v) is 3.86. The summed E-state index contributed by atoms with van der Waals surface area (Å²) >= 11 is 5.24. The SMILES string of the molecule is O=C(NC1CCCN2CCC[C@@H](C(=O)O)N2C1=O)C(=S)Cc1ccccc1. The number of hydrazine groups is 1. The van der Waals surface area contributed by atoms with Crippen molar-refractivity contribution in [2.24, 2.45) is 0 Å². The first-order valence-electron chi connectivity index (χ1n) is 9.15. The largest absolute Gasteiger partial charge is 0.480 e. The summed E-state index contributed by atoms with van der Waals surface area (Å²) in [5.74, 6) is -1.82. The van der Waals surface area contributed by atoms with Crippen LogP contribution in [0.1, 0.15) is 31.2 Å². The van der Waals surface area contributed by atoms with Crippen LogP contribution in [0, 0.1) is 0 Å². The van der Waals surface area contributed by atoms with Gasteiger partial charge in [-0.2, -0.15) is 0 Å². The van der Waals surface area contributed by atoms with E-state index in [1.807, 2.05) is 30.3 Å². The number of hydrogen-bond donors (Lipinski definition) is 2. The molecule has 2 heterocycles. The molecule has 0 bridgehead atoms. The summed E-state index contributed by atoms with van der Waals surface area (Å²) in [6.45, 7) is 1.26. The van der Waals surface area contributed by atoms with Crippen molar-refractivity contribution in [2.75, 3.05) is 13.1 Å². The van der Waals surface area contributed by atoms with Gasteiger partial charge in [-0.25, -0.2) is 9.80 Å². The average Bonchev–Trinajstić information content (AvgIpc) is 2.81. The van der Waals surface area contributed by atoms with Crippen LogP contribution >= 0.6 is 12.2 Å². The Bertz CT molecular complexity index is 740. The number of nitrogens with zero attached hydrogens (tertiary/aromatic N) is 2. The Morgan fingerprint density at radius 3 is 2.48 bits per heavy atom. The van der Waals surface area contributed by atoms with E-state index in [0.717, 1.165) is 12.0 Å². The maximum absolute atomic E-state index is 13.0. The lowest BCUT2D eigenvalue weighted by Gasteiger charge is -2.42. The van der Waals surface area contributed by atoms with E-state index in [1.54, 1.807) is 5.01 Å². The van der Waals surface area contributed by atoms with Gasteiger partial charge in [-0.05, 0) is 31.2 Å². The normalized spacial score (nSPS) is 23.3. The zero-order valence-electron chi connectivity index (χ0n) is 15.0. The van der Waals surface area contributed by atoms with Crippen LogP contribution in [0.2, 0.25) is 0 Å². The minimum atomic E-state index is -1.01. The van der Waals surface area contributed by atoms with E-state index in [1.165, 1.54) is 5.01 Å². The highest BCUT2D eigenvalue weighted by atomic mass is 32.1. The fraction of sp³-hybridized carbons (Fsp3) is 0.474. The molecule has 7 nitrogen and oxygen atoms in total. The first-order chi connectivity index (χ1) is 13.0. The Morgan fingerprint density at radius 2 is 1.81 bits per heavy atom. The molecule has 2 fully saturated rings. The number of benzene rings is 1. The molecule has 27 heavy (non-hydrogen) atoms. The van der Waals surface area contributed by atoms with Crippen LogP contribution in [0.5, 0.6) is 0 Å². The molecule has 2 aliphatic heterocycles. The number of hydrogen-bond acceptors (Lipinski definition) is 5. The average molecular weight is 389 g/mol. The van der Waals surface area contributed by atoms with E-state index in [0.29, 0.717) is 38.8 Å². The Hall–Kier alpha value is -2.32. The molecule has 1 unspecified atom stereocenters. The van der Waals surface area contributed by atoms with Gasteiger partial charge in [0.15, 0.2) is 0 Å². The maximum Gasteiger partial charge on any atom is 0.328 e. The second-order valence-corrected chi connectivity index (χ2v) is 7.38. The number of rotatable bonds is 5. The lowest BCUT2D eigenvalue weighted by atomic mass is 10.1. The Labute approximate surface area is 163 Å². The first kappa shape index (κ1) is 19.4. The highest BCUT2D eigenvalue weighted by molar-refractivity contribution is 7.82. The minimum absolute atomic E-state index is 0.212. The molecule has 144 valence electrons. The summed E-state index contributed by atoms with van der Waals surface area (Å²) in [5.41, 5.74) is 0.929. The zero-order chi connectivity index (χ0) is 19.4. The van der Waals surface area contributed by atoms with Gasteiger partial charge in [0.05, 0.1) is 4.86 Å². The topological polar surface area (TPSA) is 89.9 Å². The highest BCUT2D eigenvalue weighted by Gasteiger charge is 2.42. The highest BCUT2D eigenvalue weighted by Crippen LogP contribution is 2.24. The van der Waals surface area contributed by atoms with Crippen LogP contribution in [0.25, 0.3) is 0 Å². The number of thiocarbonyl (C=S) groups is 1. The zero-order valence-corrected chi connectivity index (χ0v) is 15.8. The molecule has 0 saturated carbocycles. The van der Waals surface area contributed by atoms with Gasteiger partial charge in [-0.1, -0.05) is 42.5 Å². The first-order valence-corrected chi connectivity index (χ1v) is 9.56. The van der Waals surface area contributed by atoms with Gasteiger partial charge in [0.25, 0.3) is 11.8 Å². The number of nitrogens with one attached hydrogen (secondary N) is 1. The monoisotopic (exact) mass is 389 g/mol. The molecule has 1 aromatic rings. The number of fused-ring (bicyclic) bond motifs is 1. The van der Waals surface area contributed by atoms with Crippen LogP contribution in [-0.4, -0.2) is 62.9 Å². The van der Waals surface area contributed by atoms with Gasteiger partial charge >= 0.3 is 5.97 Å². The molecule has 2 atom stereocenters. The van der Waals surface area contributed by atoms with Crippen molar-refractivity contribution < 1.29 is 19.5 Å². The van der Waals surface area contributed by atoms with E-state index in [9.17, 15) is 19.5 Å². The Kier molecular flexibility index (Phi) is 6.18. The minimum Gasteiger partial charge on any atom is -0.480 e. The van der Waals surface area contributed by atoms with Gasteiger partial charge in [-0.15, -0.1) is 0 Å². The fourth-order valence-electron chi connectivity index (χ4n) is 3.63. The van der Waals surface area contributed by atoms with E-state index in [2.05, 4.69) is 5.32 Å². The molecule has 2 saturated heterocycles. The number of carboxylic acids is 1. The van der Waals surface area contributed by atoms with E-state index in [-0.39, 0.29) is 10.8 Å². The van der Waals surface area contributed by atoms with Crippen molar-refractivity contribution in [3.05, 3.63) is 35.9 Å². The molecule has 2 aliphatic rings. The maximum atomic E-state index is 13.0. The van der Waals surface area contributed by atoms with Gasteiger partial charge in [-0.3, -0.25) is 14.6 Å². The molecule has 0 aromatic heterocycles. The quantitative estimate of drug-likeness (QED) is 0.735. The second-order valence-electron chi connectivity index (χ2n) is 6.89. The standard InChI is InChI=1S/C19H23N3O4S/c23-17(16(27)12-13-6-2-1-3-7-13)20-14-8-4-10-21-11-5-9-15(19(25)26)22(21)18(14)24/h1-3,6-7,14-15H,4-5,8-12H2,(H,20,23)(H,25,26)/t14?,15-/m0/s1. The van der Waals surface area contributed by atoms with E-state index in [4.69, 9.17) is 12.2 Å². The summed E-state index contributed by atoms with van der Waals surface area (Å²) in [6, 6.07) is 7.79. The molecular weight excluding hydrogens is 366 g/mol. The Morgan fingerprint density at radius 1 is 1.15 bits per heavy atom. The third kappa shape index (κ3) is 4.51. The third-order valence-electron chi connectivity index (χ3n) is 4.98. The molecule has 1 aromatic carbocycles. The summed E-state index contributed by atoms with van der Waals surface area (Å²) in [7, 11) is 0. The predicted molar refractivity (Wildman–Crippen MR) is 103 cm³/mol. The number of aliphatic carboxylic acids is 1. The van der Waals surface area contributed by atoms with Gasteiger partial charge in [0.2, 0.25) is 0 Å². The summed E-state index contributed by atoms with van der Waals surface area (Å²) < 4.78 is 0. The van der Waals surface area contributed by atoms with Crippen molar-refractivity contribution in [1.29, 1.82) is 0 Å². The number of carbonyl (C=O) groups is 3. The van der Waals surface area contributed by atoms with Crippen LogP contribution in [0.3, 0.4) is 0 Å². The van der Waals surface area contributed by atoms with Gasteiger partial charge < -0.3 is 10.4 Å². The van der Waals surface area contributed by atoms with Gasteiger partial charge in [0.1, 0.15) is 12.1 Å². The second kappa shape index (κ2) is 8.58. The van der Waals surface area contributed by atoms with E-state index >= 15 is 0 Å².